The third-order valence-electron chi connectivity index (χ3n) is 18.0. The van der Waals surface area contributed by atoms with Gasteiger partial charge >= 0.3 is 12.1 Å². The average molecular weight is 1360 g/mol. The molecule has 0 aliphatic carbocycles. The summed E-state index contributed by atoms with van der Waals surface area (Å²) in [6, 6.07) is 3.92. The second kappa shape index (κ2) is 39.1. The van der Waals surface area contributed by atoms with Gasteiger partial charge in [0.05, 0.1) is 48.8 Å². The predicted molar refractivity (Wildman–Crippen MR) is 359 cm³/mol. The summed E-state index contributed by atoms with van der Waals surface area (Å²) < 4.78 is 37.1. The molecule has 0 spiro atoms. The lowest BCUT2D eigenvalue weighted by atomic mass is 9.89. The zero-order valence-corrected chi connectivity index (χ0v) is 58.9. The number of hydrogen-bond acceptors (Lipinski definition) is 16. The molecule has 2 unspecified atom stereocenters. The van der Waals surface area contributed by atoms with Gasteiger partial charge in [0.25, 0.3) is 11.8 Å². The van der Waals surface area contributed by atoms with Crippen LogP contribution in [0.3, 0.4) is 0 Å². The molecule has 0 saturated carbocycles. The van der Waals surface area contributed by atoms with E-state index in [4.69, 9.17) is 24.7 Å². The first-order valence-electron chi connectivity index (χ1n) is 33.3. The maximum atomic E-state index is 14.9. The van der Waals surface area contributed by atoms with Gasteiger partial charge < -0.3 is 66.4 Å². The quantitative estimate of drug-likeness (QED) is 0.0263. The number of primary amides is 1. The number of nitrogens with zero attached hydrogens (tertiary/aromatic N) is 4. The second-order valence-electron chi connectivity index (χ2n) is 26.1. The van der Waals surface area contributed by atoms with Crippen molar-refractivity contribution in [3.05, 3.63) is 77.6 Å². The Morgan fingerprint density at radius 2 is 1.33 bits per heavy atom. The fourth-order valence-electron chi connectivity index (χ4n) is 12.1. The van der Waals surface area contributed by atoms with Gasteiger partial charge in [-0.15, -0.1) is 0 Å². The van der Waals surface area contributed by atoms with E-state index in [2.05, 4.69) is 31.9 Å². The summed E-state index contributed by atoms with van der Waals surface area (Å²) in [5.41, 5.74) is 6.30. The zero-order chi connectivity index (χ0) is 72.5. The number of halogens is 1. The molecular formula is C69H104FN11O16. The van der Waals surface area contributed by atoms with Crippen molar-refractivity contribution in [1.29, 1.82) is 0 Å². The zero-order valence-electron chi connectivity index (χ0n) is 58.9. The van der Waals surface area contributed by atoms with Gasteiger partial charge in [0.15, 0.2) is 5.78 Å². The minimum atomic E-state index is -1.12. The number of likely N-dealkylation sites (N-methyl/N-ethyl adjacent to an activating group) is 2. The lowest BCUT2D eigenvalue weighted by molar-refractivity contribution is -0.148. The van der Waals surface area contributed by atoms with Crippen molar-refractivity contribution in [1.82, 2.24) is 46.2 Å². The smallest absolute Gasteiger partial charge is 0.410 e. The Kier molecular flexibility index (Phi) is 32.7. The summed E-state index contributed by atoms with van der Waals surface area (Å²) >= 11 is 0. The number of nitrogens with two attached hydrogens (primary N) is 1. The number of ketones is 1. The number of urea groups is 1. The minimum Gasteiger partial charge on any atom is -0.445 e. The number of ether oxygens (including phenoxy) is 4. The van der Waals surface area contributed by atoms with Crippen LogP contribution in [0.5, 0.6) is 0 Å². The van der Waals surface area contributed by atoms with Gasteiger partial charge in [-0.3, -0.25) is 57.7 Å². The number of anilines is 1. The largest absolute Gasteiger partial charge is 0.445 e. The molecule has 1 saturated heterocycles. The van der Waals surface area contributed by atoms with E-state index in [0.29, 0.717) is 43.4 Å². The molecule has 2 aromatic rings. The first kappa shape index (κ1) is 81.1. The molecule has 8 N–H and O–H groups in total. The maximum Gasteiger partial charge on any atom is 0.410 e. The number of amides is 12. The number of likely N-dealkylation sites (tertiary alicyclic amines) is 1. The fourth-order valence-corrected chi connectivity index (χ4v) is 12.1. The Balaban J connectivity index is 1.40. The van der Waals surface area contributed by atoms with E-state index >= 15 is 0 Å². The summed E-state index contributed by atoms with van der Waals surface area (Å²) in [5.74, 6) is -7.64. The SMILES string of the molecule is CC[C@H](C)C([C@@H](CC(=O)N1C[C@H](OC)C[C@H]1[C@H](OC)[C@@H](C)C(=O)N[C@@H](C)C(=O)c1ccc(F)cc1)OC)N(C)C(=O)[C@@H](NC(=O)[C@H](C(C)C)N(C)C(=O)OCc1ccc(NC(=O)C(CCCNC(N)=O)NC(=O)[C@@H](NC(=O)CCCCCN2C(=O)C=CC2=O)C(C)C)cc1)C(C)C. The van der Waals surface area contributed by atoms with Crippen molar-refractivity contribution in [2.75, 3.05) is 60.4 Å². The highest BCUT2D eigenvalue weighted by molar-refractivity contribution is 6.13. The van der Waals surface area contributed by atoms with E-state index in [0.717, 1.165) is 21.9 Å². The second-order valence-corrected chi connectivity index (χ2v) is 26.1. The van der Waals surface area contributed by atoms with Crippen molar-refractivity contribution in [2.24, 2.45) is 35.3 Å². The third kappa shape index (κ3) is 23.7. The highest BCUT2D eigenvalue weighted by Gasteiger charge is 2.46. The van der Waals surface area contributed by atoms with Gasteiger partial charge in [-0.1, -0.05) is 87.3 Å². The number of imide groups is 1. The van der Waals surface area contributed by atoms with E-state index in [1.807, 2.05) is 13.8 Å². The van der Waals surface area contributed by atoms with E-state index in [1.54, 1.807) is 84.7 Å². The van der Waals surface area contributed by atoms with Crippen LogP contribution in [0, 0.1) is 35.4 Å². The Hall–Kier alpha value is -8.37. The van der Waals surface area contributed by atoms with Crippen molar-refractivity contribution >= 4 is 76.8 Å². The Morgan fingerprint density at radius 3 is 1.89 bits per heavy atom. The summed E-state index contributed by atoms with van der Waals surface area (Å²) in [4.78, 5) is 166. The highest BCUT2D eigenvalue weighted by Crippen LogP contribution is 2.31. The van der Waals surface area contributed by atoms with Gasteiger partial charge in [-0.2, -0.15) is 0 Å². The number of benzene rings is 2. The van der Waals surface area contributed by atoms with Gasteiger partial charge in [-0.05, 0) is 105 Å². The van der Waals surface area contributed by atoms with Crippen LogP contribution in [0.1, 0.15) is 143 Å². The van der Waals surface area contributed by atoms with Crippen molar-refractivity contribution < 1.29 is 80.9 Å². The van der Waals surface area contributed by atoms with Crippen LogP contribution in [-0.4, -0.2) is 206 Å². The molecule has 2 heterocycles. The molecule has 0 bridgehead atoms. The molecule has 0 aromatic heterocycles. The number of unbranched alkanes of at least 4 members (excludes halogenated alkanes) is 2. The summed E-state index contributed by atoms with van der Waals surface area (Å²) in [5, 5.41) is 16.4. The third-order valence-corrected chi connectivity index (χ3v) is 18.0. The summed E-state index contributed by atoms with van der Waals surface area (Å²) in [6.07, 6.45) is 2.05. The first-order chi connectivity index (χ1) is 45.8. The summed E-state index contributed by atoms with van der Waals surface area (Å²) in [6.45, 7) is 17.8. The van der Waals surface area contributed by atoms with Crippen LogP contribution in [-0.2, 0) is 68.7 Å². The molecule has 2 aliphatic rings. The number of hydrogen-bond donors (Lipinski definition) is 7. The van der Waals surface area contributed by atoms with Gasteiger partial charge in [0.1, 0.15) is 36.6 Å². The number of carbonyl (C=O) groups excluding carboxylic acids is 12. The molecule has 4 rings (SSSR count). The van der Waals surface area contributed by atoms with Crippen LogP contribution in [0.4, 0.5) is 19.7 Å². The Morgan fingerprint density at radius 1 is 0.701 bits per heavy atom. The molecule has 97 heavy (non-hydrogen) atoms. The van der Waals surface area contributed by atoms with E-state index < -0.39 is 138 Å². The molecule has 28 heteroatoms. The van der Waals surface area contributed by atoms with E-state index in [9.17, 15) is 61.9 Å². The molecule has 0 radical (unpaired) electrons. The summed E-state index contributed by atoms with van der Waals surface area (Å²) in [7, 11) is 7.44. The molecule has 538 valence electrons. The van der Waals surface area contributed by atoms with Crippen LogP contribution in [0.15, 0.2) is 60.7 Å². The molecule has 27 nitrogen and oxygen atoms in total. The standard InChI is InChI=1S/C69H104FN11O16/c1-16-42(8)60(52(95-14)36-56(85)81-37-49(94-13)35-51(81)62(96-15)43(9)63(87)73-44(10)61(86)46-25-27-47(70)28-26-46)78(11)67(91)58(40(4)5)77-66(90)59(41(6)7)79(12)69(93)97-38-45-23-29-48(30-24-45)74-64(88)50(21-20-33-72-68(71)92)75-65(89)57(39(2)3)76-53(82)22-18-17-19-34-80-54(83)31-32-55(80)84/h23-32,39-44,49-52,57-60,62H,16-22,33-38H2,1-15H3,(H,73,87)(H,74,88)(H,75,89)(H,76,82)(H,77,90)(H3,71,72,92)/t42-,43+,44-,49+,50?,51-,52+,57-,58-,59-,60?,62+/m0/s1. The Bertz CT molecular complexity index is 3040. The molecule has 12 amide bonds. The van der Waals surface area contributed by atoms with Crippen molar-refractivity contribution in [3.8, 4) is 0 Å². The first-order valence-corrected chi connectivity index (χ1v) is 33.3. The molecule has 1 fully saturated rings. The van der Waals surface area contributed by atoms with Crippen LogP contribution >= 0.6 is 0 Å². The number of nitrogens with one attached hydrogen (secondary N) is 6. The molecule has 2 aromatic carbocycles. The fraction of sp³-hybridized carbons (Fsp3) is 0.623. The van der Waals surface area contributed by atoms with E-state index in [1.165, 1.54) is 64.5 Å². The lowest BCUT2D eigenvalue weighted by Gasteiger charge is -2.41. The number of Topliss-reactive ketones (excluding diaryl/α,β-unsaturated/α-hetero) is 1. The van der Waals surface area contributed by atoms with Gasteiger partial charge in [0.2, 0.25) is 41.4 Å². The molecular weight excluding hydrogens is 1260 g/mol. The topological polar surface area (TPSA) is 353 Å². The van der Waals surface area contributed by atoms with Crippen LogP contribution in [0.2, 0.25) is 0 Å². The number of methoxy groups -OCH3 is 3. The van der Waals surface area contributed by atoms with Crippen molar-refractivity contribution in [2.45, 2.75) is 194 Å². The molecule has 12 atom stereocenters. The average Bonchev–Trinajstić information content (AvgIpc) is 1.79. The number of carbonyl (C=O) groups is 12. The van der Waals surface area contributed by atoms with E-state index in [-0.39, 0.29) is 87.0 Å². The lowest BCUT2D eigenvalue weighted by Crippen LogP contribution is -2.60. The Labute approximate surface area is 569 Å². The van der Waals surface area contributed by atoms with Crippen LogP contribution < -0.4 is 37.6 Å². The van der Waals surface area contributed by atoms with Crippen LogP contribution in [0.25, 0.3) is 0 Å². The number of rotatable bonds is 39. The minimum absolute atomic E-state index is 0.0743. The van der Waals surface area contributed by atoms with Gasteiger partial charge in [-0.25, -0.2) is 14.0 Å². The normalized spacial score (nSPS) is 17.6. The molecule has 2 aliphatic heterocycles. The van der Waals surface area contributed by atoms with Gasteiger partial charge in [0, 0.05) is 84.9 Å². The predicted octanol–water partition coefficient (Wildman–Crippen LogP) is 4.99. The maximum absolute atomic E-state index is 14.9. The highest BCUT2D eigenvalue weighted by atomic mass is 19.1. The monoisotopic (exact) mass is 1360 g/mol. The van der Waals surface area contributed by atoms with Crippen molar-refractivity contribution in [3.63, 3.8) is 0 Å².